The molecule has 2 aromatic rings. The molecule has 29 heavy (non-hydrogen) atoms. The van der Waals surface area contributed by atoms with Gasteiger partial charge in [0, 0.05) is 11.4 Å². The number of amides is 2. The lowest BCUT2D eigenvalue weighted by Gasteiger charge is -2.27. The zero-order valence-corrected chi connectivity index (χ0v) is 17.6. The van der Waals surface area contributed by atoms with E-state index in [4.69, 9.17) is 16.9 Å². The first kappa shape index (κ1) is 22.4. The highest BCUT2D eigenvalue weighted by molar-refractivity contribution is 6.32. The third-order valence-corrected chi connectivity index (χ3v) is 4.87. The van der Waals surface area contributed by atoms with Crippen LogP contribution in [0.4, 0.5) is 11.4 Å². The summed E-state index contributed by atoms with van der Waals surface area (Å²) in [6.07, 6.45) is 0.804. The third-order valence-electron chi connectivity index (χ3n) is 4.56. The van der Waals surface area contributed by atoms with Gasteiger partial charge in [0.25, 0.3) is 0 Å². The zero-order chi connectivity index (χ0) is 21.4. The summed E-state index contributed by atoms with van der Waals surface area (Å²) in [4.78, 5) is 27.0. The number of nitriles is 1. The quantitative estimate of drug-likeness (QED) is 0.680. The van der Waals surface area contributed by atoms with Gasteiger partial charge in [-0.2, -0.15) is 5.26 Å². The number of carbonyl (C=O) groups is 2. The molecule has 0 aliphatic rings. The van der Waals surface area contributed by atoms with Gasteiger partial charge in [0.2, 0.25) is 11.8 Å². The molecule has 2 rings (SSSR count). The van der Waals surface area contributed by atoms with Gasteiger partial charge in [0.15, 0.2) is 0 Å². The van der Waals surface area contributed by atoms with Gasteiger partial charge in [-0.25, -0.2) is 0 Å². The van der Waals surface area contributed by atoms with Crippen molar-refractivity contribution in [3.63, 3.8) is 0 Å². The van der Waals surface area contributed by atoms with Gasteiger partial charge in [-0.05, 0) is 56.6 Å². The second kappa shape index (κ2) is 10.6. The third kappa shape index (κ3) is 6.31. The second-order valence-electron chi connectivity index (χ2n) is 6.81. The fourth-order valence-corrected chi connectivity index (χ4v) is 3.10. The summed E-state index contributed by atoms with van der Waals surface area (Å²) in [7, 11) is 0. The molecule has 0 aliphatic carbocycles. The smallest absolute Gasteiger partial charge is 0.241 e. The highest BCUT2D eigenvalue weighted by Crippen LogP contribution is 2.20. The van der Waals surface area contributed by atoms with Gasteiger partial charge >= 0.3 is 0 Å². The lowest BCUT2D eigenvalue weighted by Crippen LogP contribution is -2.46. The van der Waals surface area contributed by atoms with Crippen LogP contribution in [-0.2, 0) is 9.59 Å². The topological polar surface area (TPSA) is 85.2 Å². The van der Waals surface area contributed by atoms with E-state index in [-0.39, 0.29) is 23.4 Å². The highest BCUT2D eigenvalue weighted by atomic mass is 35.5. The second-order valence-corrected chi connectivity index (χ2v) is 7.21. The summed E-state index contributed by atoms with van der Waals surface area (Å²) in [5, 5.41) is 14.9. The number of aryl methyl sites for hydroxylation is 1. The van der Waals surface area contributed by atoms with Crippen LogP contribution in [0.5, 0.6) is 0 Å². The number of benzene rings is 2. The number of halogens is 1. The van der Waals surface area contributed by atoms with Crippen molar-refractivity contribution in [3.8, 4) is 6.07 Å². The van der Waals surface area contributed by atoms with E-state index in [9.17, 15) is 9.59 Å². The molecule has 0 aromatic heterocycles. The molecule has 1 unspecified atom stereocenters. The van der Waals surface area contributed by atoms with Gasteiger partial charge in [0.1, 0.15) is 6.07 Å². The molecule has 0 heterocycles. The van der Waals surface area contributed by atoms with Crippen molar-refractivity contribution in [3.05, 3.63) is 58.6 Å². The summed E-state index contributed by atoms with van der Waals surface area (Å²) < 4.78 is 0. The number of anilines is 2. The minimum Gasteiger partial charge on any atom is -0.325 e. The Labute approximate surface area is 176 Å². The van der Waals surface area contributed by atoms with E-state index < -0.39 is 6.04 Å². The molecule has 7 heteroatoms. The van der Waals surface area contributed by atoms with E-state index >= 15 is 0 Å². The molecule has 0 radical (unpaired) electrons. The van der Waals surface area contributed by atoms with Crippen LogP contribution >= 0.6 is 11.6 Å². The monoisotopic (exact) mass is 412 g/mol. The van der Waals surface area contributed by atoms with Crippen LogP contribution < -0.4 is 10.6 Å². The normalized spacial score (nSPS) is 11.6. The Morgan fingerprint density at radius 2 is 1.93 bits per heavy atom. The number of nitrogens with zero attached hydrogens (tertiary/aromatic N) is 2. The van der Waals surface area contributed by atoms with E-state index in [1.165, 1.54) is 0 Å². The van der Waals surface area contributed by atoms with Gasteiger partial charge in [-0.3, -0.25) is 14.5 Å². The largest absolute Gasteiger partial charge is 0.325 e. The summed E-state index contributed by atoms with van der Waals surface area (Å²) in [6.45, 7) is 6.39. The molecule has 152 valence electrons. The molecule has 1 atom stereocenters. The van der Waals surface area contributed by atoms with Gasteiger partial charge in [-0.15, -0.1) is 0 Å². The number of hydrogen-bond acceptors (Lipinski definition) is 4. The summed E-state index contributed by atoms with van der Waals surface area (Å²) in [5.74, 6) is -0.420. The maximum absolute atomic E-state index is 12.7. The molecule has 0 bridgehead atoms. The van der Waals surface area contributed by atoms with Crippen LogP contribution in [0.3, 0.4) is 0 Å². The molecule has 0 saturated heterocycles. The van der Waals surface area contributed by atoms with Gasteiger partial charge < -0.3 is 10.6 Å². The summed E-state index contributed by atoms with van der Waals surface area (Å²) >= 11 is 6.03. The fraction of sp³-hybridized carbons (Fsp3) is 0.318. The van der Waals surface area contributed by atoms with Crippen LogP contribution in [0.15, 0.2) is 42.5 Å². The Bertz CT molecular complexity index is 923. The standard InChI is InChI=1S/C22H25ClN4O2/c1-4-11-27(14-21(28)26-20-8-6-5-7-15(20)2)16(3)22(29)25-18-10-9-17(13-24)19(23)12-18/h5-10,12,16H,4,11,14H2,1-3H3,(H,25,29)(H,26,28). The molecule has 0 spiro atoms. The van der Waals surface area contributed by atoms with E-state index in [0.717, 1.165) is 17.7 Å². The van der Waals surface area contributed by atoms with Crippen LogP contribution in [0, 0.1) is 18.3 Å². The van der Waals surface area contributed by atoms with Crippen molar-refractivity contribution in [2.24, 2.45) is 0 Å². The molecule has 0 saturated carbocycles. The van der Waals surface area contributed by atoms with E-state index in [1.54, 1.807) is 25.1 Å². The number of rotatable bonds is 8. The first-order valence-electron chi connectivity index (χ1n) is 9.45. The first-order chi connectivity index (χ1) is 13.8. The van der Waals surface area contributed by atoms with Crippen LogP contribution in [0.25, 0.3) is 0 Å². The van der Waals surface area contributed by atoms with E-state index in [1.807, 2.05) is 49.1 Å². The average Bonchev–Trinajstić information content (AvgIpc) is 2.69. The van der Waals surface area contributed by atoms with Crippen LogP contribution in [-0.4, -0.2) is 35.8 Å². The summed E-state index contributed by atoms with van der Waals surface area (Å²) in [6, 6.07) is 13.7. The fourth-order valence-electron chi connectivity index (χ4n) is 2.88. The zero-order valence-electron chi connectivity index (χ0n) is 16.8. The maximum atomic E-state index is 12.7. The predicted octanol–water partition coefficient (Wildman–Crippen LogP) is 4.20. The Balaban J connectivity index is 2.03. The van der Waals surface area contributed by atoms with Crippen molar-refractivity contribution in [2.45, 2.75) is 33.2 Å². The van der Waals surface area contributed by atoms with Crippen molar-refractivity contribution in [2.75, 3.05) is 23.7 Å². The molecule has 6 nitrogen and oxygen atoms in total. The SMILES string of the molecule is CCCN(CC(=O)Nc1ccccc1C)C(C)C(=O)Nc1ccc(C#N)c(Cl)c1. The van der Waals surface area contributed by atoms with Crippen LogP contribution in [0.2, 0.25) is 5.02 Å². The van der Waals surface area contributed by atoms with Crippen molar-refractivity contribution in [1.29, 1.82) is 5.26 Å². The van der Waals surface area contributed by atoms with Crippen LogP contribution in [0.1, 0.15) is 31.4 Å². The Kier molecular flexibility index (Phi) is 8.20. The number of hydrogen-bond donors (Lipinski definition) is 2. The van der Waals surface area contributed by atoms with Crippen molar-refractivity contribution < 1.29 is 9.59 Å². The number of carbonyl (C=O) groups excluding carboxylic acids is 2. The van der Waals surface area contributed by atoms with Gasteiger partial charge in [0.05, 0.1) is 23.2 Å². The Hall–Kier alpha value is -2.88. The Morgan fingerprint density at radius 1 is 1.21 bits per heavy atom. The minimum absolute atomic E-state index is 0.102. The van der Waals surface area contributed by atoms with E-state index in [0.29, 0.717) is 17.8 Å². The number of para-hydroxylation sites is 1. The van der Waals surface area contributed by atoms with Crippen molar-refractivity contribution >= 4 is 34.8 Å². The molecule has 2 aromatic carbocycles. The molecule has 2 amide bonds. The molecule has 0 fully saturated rings. The first-order valence-corrected chi connectivity index (χ1v) is 9.83. The molecule has 0 aliphatic heterocycles. The summed E-state index contributed by atoms with van der Waals surface area (Å²) in [5.41, 5.74) is 2.59. The predicted molar refractivity (Wildman–Crippen MR) is 116 cm³/mol. The minimum atomic E-state index is -0.521. The lowest BCUT2D eigenvalue weighted by molar-refractivity contribution is -0.123. The van der Waals surface area contributed by atoms with Crippen molar-refractivity contribution in [1.82, 2.24) is 4.90 Å². The Morgan fingerprint density at radius 3 is 2.55 bits per heavy atom. The lowest BCUT2D eigenvalue weighted by atomic mass is 10.2. The maximum Gasteiger partial charge on any atom is 0.241 e. The molecular formula is C22H25ClN4O2. The average molecular weight is 413 g/mol. The van der Waals surface area contributed by atoms with E-state index in [2.05, 4.69) is 10.6 Å². The number of nitrogens with one attached hydrogen (secondary N) is 2. The van der Waals surface area contributed by atoms with Gasteiger partial charge in [-0.1, -0.05) is 36.7 Å². The molecule has 2 N–H and O–H groups in total. The highest BCUT2D eigenvalue weighted by Gasteiger charge is 2.23. The molecular weight excluding hydrogens is 388 g/mol.